The van der Waals surface area contributed by atoms with Crippen molar-refractivity contribution in [2.45, 2.75) is 6.92 Å². The Morgan fingerprint density at radius 2 is 1.67 bits per heavy atom. The van der Waals surface area contributed by atoms with E-state index in [9.17, 15) is 0 Å². The Morgan fingerprint density at radius 1 is 0.963 bits per heavy atom. The van der Waals surface area contributed by atoms with E-state index in [1.807, 2.05) is 73.7 Å². The zero-order valence-corrected chi connectivity index (χ0v) is 16.8. The first-order valence-electron chi connectivity index (χ1n) is 8.57. The molecule has 0 unspecified atom stereocenters. The van der Waals surface area contributed by atoms with Gasteiger partial charge in [-0.1, -0.05) is 18.2 Å². The van der Waals surface area contributed by atoms with Crippen LogP contribution in [0.2, 0.25) is 0 Å². The van der Waals surface area contributed by atoms with E-state index in [0.29, 0.717) is 18.1 Å². The van der Waals surface area contributed by atoms with Crippen molar-refractivity contribution in [2.24, 2.45) is 4.99 Å². The maximum Gasteiger partial charge on any atom is 0.174 e. The molecular formula is C22H20BrNO3. The Bertz CT molecular complexity index is 909. The zero-order chi connectivity index (χ0) is 19.1. The van der Waals surface area contributed by atoms with Crippen LogP contribution in [0.5, 0.6) is 23.0 Å². The van der Waals surface area contributed by atoms with E-state index < -0.39 is 0 Å². The average molecular weight is 426 g/mol. The second kappa shape index (κ2) is 9.24. The SMILES string of the molecule is CCOc1cc(C=Nc2ccc(Oc3ccccc3)cc2)cc(Br)c1OC. The number of hydrogen-bond donors (Lipinski definition) is 0. The highest BCUT2D eigenvalue weighted by molar-refractivity contribution is 9.10. The maximum atomic E-state index is 5.79. The van der Waals surface area contributed by atoms with Crippen molar-refractivity contribution in [2.75, 3.05) is 13.7 Å². The molecule has 0 spiro atoms. The smallest absolute Gasteiger partial charge is 0.174 e. The fraction of sp³-hybridized carbons (Fsp3) is 0.136. The normalized spacial score (nSPS) is 10.8. The predicted molar refractivity (Wildman–Crippen MR) is 112 cm³/mol. The molecular weight excluding hydrogens is 406 g/mol. The summed E-state index contributed by atoms with van der Waals surface area (Å²) in [6.45, 7) is 2.50. The van der Waals surface area contributed by atoms with Crippen LogP contribution in [-0.2, 0) is 0 Å². The third-order valence-corrected chi connectivity index (χ3v) is 4.30. The first-order chi connectivity index (χ1) is 13.2. The maximum absolute atomic E-state index is 5.79. The molecule has 27 heavy (non-hydrogen) atoms. The minimum Gasteiger partial charge on any atom is -0.492 e. The number of ether oxygens (including phenoxy) is 3. The third kappa shape index (κ3) is 5.11. The summed E-state index contributed by atoms with van der Waals surface area (Å²) in [7, 11) is 1.62. The van der Waals surface area contributed by atoms with Crippen LogP contribution in [0.25, 0.3) is 0 Å². The van der Waals surface area contributed by atoms with E-state index in [2.05, 4.69) is 20.9 Å². The lowest BCUT2D eigenvalue weighted by Crippen LogP contribution is -1.97. The van der Waals surface area contributed by atoms with Crippen molar-refractivity contribution in [1.82, 2.24) is 0 Å². The van der Waals surface area contributed by atoms with Crippen LogP contribution in [0.15, 0.2) is 76.2 Å². The third-order valence-electron chi connectivity index (χ3n) is 3.71. The lowest BCUT2D eigenvalue weighted by Gasteiger charge is -2.11. The van der Waals surface area contributed by atoms with Crippen LogP contribution in [0.1, 0.15) is 12.5 Å². The van der Waals surface area contributed by atoms with E-state index in [4.69, 9.17) is 14.2 Å². The monoisotopic (exact) mass is 425 g/mol. The summed E-state index contributed by atoms with van der Waals surface area (Å²) in [5, 5.41) is 0. The topological polar surface area (TPSA) is 40.0 Å². The second-order valence-corrected chi connectivity index (χ2v) is 6.49. The van der Waals surface area contributed by atoms with Crippen molar-refractivity contribution < 1.29 is 14.2 Å². The van der Waals surface area contributed by atoms with E-state index in [1.165, 1.54) is 0 Å². The van der Waals surface area contributed by atoms with Crippen LogP contribution >= 0.6 is 15.9 Å². The van der Waals surface area contributed by atoms with Gasteiger partial charge >= 0.3 is 0 Å². The lowest BCUT2D eigenvalue weighted by molar-refractivity contribution is 0.310. The molecule has 0 aliphatic heterocycles. The number of methoxy groups -OCH3 is 1. The quantitative estimate of drug-likeness (QED) is 0.411. The predicted octanol–water partition coefficient (Wildman–Crippen LogP) is 6.40. The van der Waals surface area contributed by atoms with Crippen molar-refractivity contribution in [3.8, 4) is 23.0 Å². The van der Waals surface area contributed by atoms with Crippen molar-refractivity contribution >= 4 is 27.8 Å². The number of rotatable bonds is 7. The molecule has 0 aromatic heterocycles. The van der Waals surface area contributed by atoms with Crippen molar-refractivity contribution in [1.29, 1.82) is 0 Å². The Morgan fingerprint density at radius 3 is 2.33 bits per heavy atom. The standard InChI is InChI=1S/C22H20BrNO3/c1-3-26-21-14-16(13-20(23)22(21)25-2)15-24-17-9-11-19(12-10-17)27-18-7-5-4-6-8-18/h4-15H,3H2,1-2H3. The molecule has 138 valence electrons. The molecule has 0 bridgehead atoms. The minimum absolute atomic E-state index is 0.562. The molecule has 0 aliphatic rings. The molecule has 0 fully saturated rings. The molecule has 0 atom stereocenters. The molecule has 3 aromatic rings. The van der Waals surface area contributed by atoms with Gasteiger partial charge < -0.3 is 14.2 Å². The number of benzene rings is 3. The summed E-state index contributed by atoms with van der Waals surface area (Å²) in [5.74, 6) is 2.94. The average Bonchev–Trinajstić information content (AvgIpc) is 2.68. The summed E-state index contributed by atoms with van der Waals surface area (Å²) in [6, 6.07) is 21.2. The Balaban J connectivity index is 1.74. The van der Waals surface area contributed by atoms with Crippen LogP contribution in [0.4, 0.5) is 5.69 Å². The van der Waals surface area contributed by atoms with Crippen LogP contribution in [0, 0.1) is 0 Å². The number of nitrogens with zero attached hydrogens (tertiary/aromatic N) is 1. The zero-order valence-electron chi connectivity index (χ0n) is 15.2. The summed E-state index contributed by atoms with van der Waals surface area (Å²) in [6.07, 6.45) is 1.79. The molecule has 5 heteroatoms. The Hall–Kier alpha value is -2.79. The van der Waals surface area contributed by atoms with Gasteiger partial charge in [-0.15, -0.1) is 0 Å². The van der Waals surface area contributed by atoms with E-state index >= 15 is 0 Å². The Kier molecular flexibility index (Phi) is 6.49. The fourth-order valence-electron chi connectivity index (χ4n) is 2.50. The van der Waals surface area contributed by atoms with Gasteiger partial charge in [0.2, 0.25) is 0 Å². The second-order valence-electron chi connectivity index (χ2n) is 5.63. The van der Waals surface area contributed by atoms with E-state index in [-0.39, 0.29) is 0 Å². The first kappa shape index (κ1) is 19.0. The van der Waals surface area contributed by atoms with Gasteiger partial charge in [-0.3, -0.25) is 4.99 Å². The summed E-state index contributed by atoms with van der Waals surface area (Å²) in [4.78, 5) is 4.52. The highest BCUT2D eigenvalue weighted by Gasteiger charge is 2.10. The molecule has 0 aliphatic carbocycles. The number of hydrogen-bond acceptors (Lipinski definition) is 4. The number of para-hydroxylation sites is 1. The first-order valence-corrected chi connectivity index (χ1v) is 9.36. The minimum atomic E-state index is 0.562. The van der Waals surface area contributed by atoms with Gasteiger partial charge in [0.25, 0.3) is 0 Å². The van der Waals surface area contributed by atoms with Gasteiger partial charge in [0.1, 0.15) is 11.5 Å². The van der Waals surface area contributed by atoms with Crippen LogP contribution in [0.3, 0.4) is 0 Å². The number of halogens is 1. The molecule has 3 aromatic carbocycles. The summed E-state index contributed by atoms with van der Waals surface area (Å²) < 4.78 is 17.6. The van der Waals surface area contributed by atoms with Gasteiger partial charge in [-0.25, -0.2) is 0 Å². The molecule has 0 saturated heterocycles. The van der Waals surface area contributed by atoms with Crippen LogP contribution < -0.4 is 14.2 Å². The summed E-state index contributed by atoms with van der Waals surface area (Å²) in [5.41, 5.74) is 1.75. The lowest BCUT2D eigenvalue weighted by atomic mass is 10.2. The Labute approximate surface area is 167 Å². The highest BCUT2D eigenvalue weighted by atomic mass is 79.9. The molecule has 0 amide bonds. The molecule has 0 saturated carbocycles. The molecule has 0 heterocycles. The summed E-state index contributed by atoms with van der Waals surface area (Å²) >= 11 is 3.51. The largest absolute Gasteiger partial charge is 0.492 e. The van der Waals surface area contributed by atoms with Crippen LogP contribution in [-0.4, -0.2) is 19.9 Å². The van der Waals surface area contributed by atoms with Gasteiger partial charge in [0.05, 0.1) is 23.9 Å². The molecule has 3 rings (SSSR count). The molecule has 0 radical (unpaired) electrons. The highest BCUT2D eigenvalue weighted by Crippen LogP contribution is 2.36. The van der Waals surface area contributed by atoms with E-state index in [0.717, 1.165) is 27.2 Å². The number of aliphatic imine (C=N–C) groups is 1. The van der Waals surface area contributed by atoms with E-state index in [1.54, 1.807) is 13.3 Å². The van der Waals surface area contributed by atoms with Gasteiger partial charge in [-0.05, 0) is 76.9 Å². The fourth-order valence-corrected chi connectivity index (χ4v) is 3.12. The molecule has 4 nitrogen and oxygen atoms in total. The van der Waals surface area contributed by atoms with Crippen molar-refractivity contribution in [3.05, 3.63) is 76.8 Å². The van der Waals surface area contributed by atoms with Crippen molar-refractivity contribution in [3.63, 3.8) is 0 Å². The van der Waals surface area contributed by atoms with Gasteiger partial charge in [0, 0.05) is 6.21 Å². The van der Waals surface area contributed by atoms with Gasteiger partial charge in [0.15, 0.2) is 11.5 Å². The van der Waals surface area contributed by atoms with Gasteiger partial charge in [-0.2, -0.15) is 0 Å². The molecule has 0 N–H and O–H groups in total.